The Balaban J connectivity index is 2.16. The summed E-state index contributed by atoms with van der Waals surface area (Å²) in [4.78, 5) is 73.6. The Morgan fingerprint density at radius 1 is 1.13 bits per heavy atom. The van der Waals surface area contributed by atoms with Crippen LogP contribution in [0.3, 0.4) is 0 Å². The molecule has 1 aromatic rings. The van der Waals surface area contributed by atoms with Crippen LogP contribution in [0, 0.1) is 0 Å². The highest BCUT2D eigenvalue weighted by atomic mass is 16.4. The van der Waals surface area contributed by atoms with E-state index >= 15 is 0 Å². The monoisotopic (exact) mass is 537 g/mol. The van der Waals surface area contributed by atoms with Crippen LogP contribution in [0.1, 0.15) is 44.2 Å². The number of hydrogen-bond acceptors (Lipinski definition) is 8. The number of aromatic nitrogens is 2. The van der Waals surface area contributed by atoms with Crippen LogP contribution < -0.4 is 27.8 Å². The van der Waals surface area contributed by atoms with Gasteiger partial charge >= 0.3 is 11.9 Å². The molecule has 1 aliphatic heterocycles. The number of nitrogens with two attached hydrogens (primary N) is 3. The van der Waals surface area contributed by atoms with Crippen LogP contribution >= 0.6 is 0 Å². The number of amides is 3. The summed E-state index contributed by atoms with van der Waals surface area (Å²) in [5, 5.41) is 23.6. The van der Waals surface area contributed by atoms with Gasteiger partial charge in [-0.2, -0.15) is 0 Å². The van der Waals surface area contributed by atoms with Crippen molar-refractivity contribution in [1.82, 2.24) is 25.5 Å². The summed E-state index contributed by atoms with van der Waals surface area (Å²) >= 11 is 0. The van der Waals surface area contributed by atoms with Gasteiger partial charge in [0.05, 0.1) is 12.4 Å². The van der Waals surface area contributed by atoms with Crippen molar-refractivity contribution >= 4 is 35.6 Å². The maximum atomic E-state index is 13.2. The predicted octanol–water partition coefficient (Wildman–Crippen LogP) is -2.76. The third-order valence-corrected chi connectivity index (χ3v) is 5.99. The van der Waals surface area contributed by atoms with E-state index in [-0.39, 0.29) is 51.2 Å². The molecule has 11 N–H and O–H groups in total. The fourth-order valence-electron chi connectivity index (χ4n) is 4.06. The molecule has 1 aromatic heterocycles. The fraction of sp³-hybridized carbons (Fsp3) is 0.591. The van der Waals surface area contributed by atoms with E-state index in [0.717, 1.165) is 4.90 Å². The topological polar surface area (TPSA) is 272 Å². The molecule has 0 spiro atoms. The molecule has 2 heterocycles. The van der Waals surface area contributed by atoms with Crippen molar-refractivity contribution in [3.63, 3.8) is 0 Å². The van der Waals surface area contributed by atoms with Gasteiger partial charge in [0.2, 0.25) is 17.7 Å². The van der Waals surface area contributed by atoms with Gasteiger partial charge in [-0.15, -0.1) is 0 Å². The lowest BCUT2D eigenvalue weighted by molar-refractivity contribution is -0.150. The number of aromatic amines is 1. The Hall–Kier alpha value is -4.21. The summed E-state index contributed by atoms with van der Waals surface area (Å²) < 4.78 is 0. The molecule has 16 heteroatoms. The van der Waals surface area contributed by atoms with Gasteiger partial charge in [0.15, 0.2) is 5.96 Å². The van der Waals surface area contributed by atoms with Gasteiger partial charge in [-0.05, 0) is 32.1 Å². The lowest BCUT2D eigenvalue weighted by Gasteiger charge is -2.28. The van der Waals surface area contributed by atoms with Crippen LogP contribution in [0.15, 0.2) is 17.5 Å². The van der Waals surface area contributed by atoms with E-state index in [1.165, 1.54) is 12.5 Å². The molecule has 0 radical (unpaired) electrons. The highest BCUT2D eigenvalue weighted by Crippen LogP contribution is 2.20. The zero-order chi connectivity index (χ0) is 28.2. The highest BCUT2D eigenvalue weighted by Gasteiger charge is 2.38. The lowest BCUT2D eigenvalue weighted by atomic mass is 10.1. The standard InChI is InChI=1S/C22H35N9O7/c23-13(9-12-10-26-11-28-12)18(34)29-14(3-1-7-27-22(24)25)19(35)30-15(5-6-17(32)33)20(36)31-8-2-4-16(31)21(37)38/h10-11,13-16H,1-9,23H2,(H,26,28)(H,29,34)(H,30,35)(H,32,33)(H,37,38)(H4,24,25,27). The molecule has 1 aliphatic rings. The Kier molecular flexibility index (Phi) is 11.5. The van der Waals surface area contributed by atoms with E-state index in [1.54, 1.807) is 0 Å². The van der Waals surface area contributed by atoms with Crippen molar-refractivity contribution in [2.24, 2.45) is 22.2 Å². The Bertz CT molecular complexity index is 1010. The largest absolute Gasteiger partial charge is 0.481 e. The SMILES string of the molecule is NC(N)=NCCCC(NC(=O)C(N)Cc1cnc[nH]1)C(=O)NC(CCC(=O)O)C(=O)N1CCCC1C(=O)O. The van der Waals surface area contributed by atoms with Crippen molar-refractivity contribution < 1.29 is 34.2 Å². The average molecular weight is 538 g/mol. The molecule has 210 valence electrons. The molecule has 0 bridgehead atoms. The summed E-state index contributed by atoms with van der Waals surface area (Å²) in [5.74, 6) is -4.62. The number of nitrogens with one attached hydrogen (secondary N) is 3. The number of likely N-dealkylation sites (tertiary alicyclic amines) is 1. The van der Waals surface area contributed by atoms with Crippen LogP contribution in [0.25, 0.3) is 0 Å². The minimum Gasteiger partial charge on any atom is -0.481 e. The molecule has 4 unspecified atom stereocenters. The predicted molar refractivity (Wildman–Crippen MR) is 133 cm³/mol. The number of carboxylic acid groups (broad SMARTS) is 2. The van der Waals surface area contributed by atoms with Gasteiger partial charge in [0.25, 0.3) is 0 Å². The molecule has 38 heavy (non-hydrogen) atoms. The van der Waals surface area contributed by atoms with Gasteiger partial charge in [0.1, 0.15) is 18.1 Å². The quantitative estimate of drug-likeness (QED) is 0.0644. The van der Waals surface area contributed by atoms with Gasteiger partial charge in [-0.1, -0.05) is 0 Å². The third kappa shape index (κ3) is 9.34. The van der Waals surface area contributed by atoms with Crippen molar-refractivity contribution in [2.45, 2.75) is 69.1 Å². The molecular formula is C22H35N9O7. The van der Waals surface area contributed by atoms with Gasteiger partial charge in [0, 0.05) is 37.8 Å². The average Bonchev–Trinajstić information content (AvgIpc) is 3.55. The van der Waals surface area contributed by atoms with E-state index in [4.69, 9.17) is 22.3 Å². The first-order valence-electron chi connectivity index (χ1n) is 12.1. The number of imidazole rings is 1. The van der Waals surface area contributed by atoms with E-state index < -0.39 is 60.2 Å². The van der Waals surface area contributed by atoms with Crippen LogP contribution in [0.5, 0.6) is 0 Å². The first-order chi connectivity index (χ1) is 18.0. The molecule has 1 fully saturated rings. The molecule has 0 aromatic carbocycles. The third-order valence-electron chi connectivity index (χ3n) is 5.99. The number of carboxylic acids is 2. The first-order valence-corrected chi connectivity index (χ1v) is 12.1. The minimum absolute atomic E-state index is 0.0758. The number of rotatable bonds is 15. The summed E-state index contributed by atoms with van der Waals surface area (Å²) in [6.07, 6.45) is 3.42. The number of carbonyl (C=O) groups excluding carboxylic acids is 3. The highest BCUT2D eigenvalue weighted by molar-refractivity contribution is 5.94. The second kappa shape index (κ2) is 14.5. The maximum absolute atomic E-state index is 13.2. The summed E-state index contributed by atoms with van der Waals surface area (Å²) in [6.45, 7) is 0.327. The fourth-order valence-corrected chi connectivity index (χ4v) is 4.06. The first kappa shape index (κ1) is 30.0. The van der Waals surface area contributed by atoms with E-state index in [1.807, 2.05) is 0 Å². The van der Waals surface area contributed by atoms with Crippen molar-refractivity contribution in [1.29, 1.82) is 0 Å². The normalized spacial score (nSPS) is 17.2. The van der Waals surface area contributed by atoms with E-state index in [9.17, 15) is 29.1 Å². The molecule has 0 saturated carbocycles. The van der Waals surface area contributed by atoms with Gasteiger partial charge in [-0.3, -0.25) is 24.2 Å². The number of carbonyl (C=O) groups is 5. The molecular weight excluding hydrogens is 502 g/mol. The van der Waals surface area contributed by atoms with Crippen molar-refractivity contribution in [3.05, 3.63) is 18.2 Å². The lowest BCUT2D eigenvalue weighted by Crippen LogP contribution is -2.57. The summed E-state index contributed by atoms with van der Waals surface area (Å²) in [7, 11) is 0. The Labute approximate surface area is 218 Å². The molecule has 1 saturated heterocycles. The van der Waals surface area contributed by atoms with Crippen LogP contribution in [-0.4, -0.2) is 98.0 Å². The summed E-state index contributed by atoms with van der Waals surface area (Å²) in [5.41, 5.74) is 17.2. The Morgan fingerprint density at radius 2 is 1.84 bits per heavy atom. The smallest absolute Gasteiger partial charge is 0.326 e. The van der Waals surface area contributed by atoms with Crippen LogP contribution in [0.4, 0.5) is 0 Å². The van der Waals surface area contributed by atoms with E-state index in [2.05, 4.69) is 25.6 Å². The summed E-state index contributed by atoms with van der Waals surface area (Å²) in [6, 6.07) is -4.55. The zero-order valence-electron chi connectivity index (χ0n) is 20.8. The number of hydrogen-bond donors (Lipinski definition) is 8. The van der Waals surface area contributed by atoms with Gasteiger partial charge < -0.3 is 47.9 Å². The molecule has 3 amide bonds. The number of aliphatic imine (C=N–C) groups is 1. The zero-order valence-corrected chi connectivity index (χ0v) is 20.8. The van der Waals surface area contributed by atoms with Crippen LogP contribution in [-0.2, 0) is 30.4 Å². The maximum Gasteiger partial charge on any atom is 0.326 e. The molecule has 2 rings (SSSR count). The molecule has 0 aliphatic carbocycles. The second-order valence-corrected chi connectivity index (χ2v) is 8.92. The Morgan fingerprint density at radius 3 is 2.45 bits per heavy atom. The number of guanidine groups is 1. The van der Waals surface area contributed by atoms with Crippen molar-refractivity contribution in [2.75, 3.05) is 13.1 Å². The van der Waals surface area contributed by atoms with Crippen molar-refractivity contribution in [3.8, 4) is 0 Å². The number of aliphatic carboxylic acids is 2. The van der Waals surface area contributed by atoms with Gasteiger partial charge in [-0.25, -0.2) is 9.78 Å². The van der Waals surface area contributed by atoms with Crippen LogP contribution in [0.2, 0.25) is 0 Å². The minimum atomic E-state index is -1.31. The number of H-pyrrole nitrogens is 1. The second-order valence-electron chi connectivity index (χ2n) is 8.92. The van der Waals surface area contributed by atoms with E-state index in [0.29, 0.717) is 12.1 Å². The number of nitrogens with zero attached hydrogens (tertiary/aromatic N) is 3. The molecule has 4 atom stereocenters. The molecule has 16 nitrogen and oxygen atoms in total.